The Morgan fingerprint density at radius 2 is 1.62 bits per heavy atom. The summed E-state index contributed by atoms with van der Waals surface area (Å²) in [5, 5.41) is 19.1. The number of hydrogen-bond donors (Lipinski definition) is 2. The van der Waals surface area contributed by atoms with Gasteiger partial charge in [-0.05, 0) is 95.9 Å². The van der Waals surface area contributed by atoms with E-state index in [-0.39, 0.29) is 11.3 Å². The summed E-state index contributed by atoms with van der Waals surface area (Å²) in [5.74, 6) is -0.921. The molecule has 0 radical (unpaired) electrons. The minimum absolute atomic E-state index is 0.0817. The maximum atomic E-state index is 11.5. The number of phenols is 1. The molecule has 0 aromatic heterocycles. The smallest absolute Gasteiger partial charge is 0.336 e. The van der Waals surface area contributed by atoms with E-state index in [9.17, 15) is 15.0 Å². The Hall–Kier alpha value is -0.860. The van der Waals surface area contributed by atoms with Crippen molar-refractivity contribution >= 4 is 72.1 Å². The summed E-state index contributed by atoms with van der Waals surface area (Å²) in [4.78, 5) is 11.5. The lowest BCUT2D eigenvalue weighted by molar-refractivity contribution is -0.130. The summed E-state index contributed by atoms with van der Waals surface area (Å²) in [7, 11) is 0. The normalized spacial score (nSPS) is 11.5. The van der Waals surface area contributed by atoms with Crippen molar-refractivity contribution in [3.63, 3.8) is 0 Å². The molecule has 2 aromatic rings. The fraction of sp³-hybridized carbons (Fsp3) is 0. The number of halogens is 3. The standard InChI is InChI=1S/C15H9Br2IO3/c16-12-6-8(7-13(17)14(12)19)5-11(15(20)21)9-1-3-10(18)4-2-9/h1-7,19H,(H,20,21). The molecular weight excluding hydrogens is 515 g/mol. The molecular formula is C15H9Br2IO3. The second kappa shape index (κ2) is 6.93. The van der Waals surface area contributed by atoms with Crippen LogP contribution in [0.25, 0.3) is 11.6 Å². The van der Waals surface area contributed by atoms with E-state index in [0.717, 1.165) is 3.57 Å². The van der Waals surface area contributed by atoms with Crippen LogP contribution in [0.5, 0.6) is 5.75 Å². The zero-order chi connectivity index (χ0) is 15.6. The molecule has 6 heteroatoms. The van der Waals surface area contributed by atoms with E-state index >= 15 is 0 Å². The minimum Gasteiger partial charge on any atom is -0.506 e. The summed E-state index contributed by atoms with van der Waals surface area (Å²) in [6.45, 7) is 0. The van der Waals surface area contributed by atoms with Crippen LogP contribution in [0.3, 0.4) is 0 Å². The molecule has 0 saturated heterocycles. The van der Waals surface area contributed by atoms with Crippen LogP contribution < -0.4 is 0 Å². The van der Waals surface area contributed by atoms with Crippen molar-refractivity contribution in [3.05, 3.63) is 60.0 Å². The molecule has 0 unspecified atom stereocenters. The first-order valence-corrected chi connectivity index (χ1v) is 8.44. The first kappa shape index (κ1) is 16.5. The Labute approximate surface area is 152 Å². The number of carboxylic acids is 1. The first-order chi connectivity index (χ1) is 9.88. The summed E-state index contributed by atoms with van der Waals surface area (Å²) < 4.78 is 2.03. The SMILES string of the molecule is O=C(O)C(=Cc1cc(Br)c(O)c(Br)c1)c1ccc(I)cc1. The fourth-order valence-electron chi connectivity index (χ4n) is 1.73. The highest BCUT2D eigenvalue weighted by atomic mass is 127. The Morgan fingerprint density at radius 3 is 2.10 bits per heavy atom. The molecule has 0 heterocycles. The number of rotatable bonds is 3. The Morgan fingerprint density at radius 1 is 1.10 bits per heavy atom. The van der Waals surface area contributed by atoms with Crippen molar-refractivity contribution in [2.24, 2.45) is 0 Å². The van der Waals surface area contributed by atoms with Gasteiger partial charge >= 0.3 is 5.97 Å². The van der Waals surface area contributed by atoms with Crippen LogP contribution >= 0.6 is 54.5 Å². The zero-order valence-electron chi connectivity index (χ0n) is 10.5. The van der Waals surface area contributed by atoms with Gasteiger partial charge in [0.1, 0.15) is 5.75 Å². The van der Waals surface area contributed by atoms with Crippen LogP contribution in [0.4, 0.5) is 0 Å². The lowest BCUT2D eigenvalue weighted by Gasteiger charge is -2.06. The Bertz CT molecular complexity index is 701. The van der Waals surface area contributed by atoms with E-state index < -0.39 is 5.97 Å². The summed E-state index contributed by atoms with van der Waals surface area (Å²) in [6.07, 6.45) is 1.57. The van der Waals surface area contributed by atoms with Gasteiger partial charge < -0.3 is 10.2 Å². The topological polar surface area (TPSA) is 57.5 Å². The van der Waals surface area contributed by atoms with Gasteiger partial charge in [0, 0.05) is 3.57 Å². The van der Waals surface area contributed by atoms with E-state index in [0.29, 0.717) is 20.1 Å². The van der Waals surface area contributed by atoms with Gasteiger partial charge in [-0.25, -0.2) is 4.79 Å². The maximum Gasteiger partial charge on any atom is 0.336 e. The largest absolute Gasteiger partial charge is 0.506 e. The fourth-order valence-corrected chi connectivity index (χ4v) is 3.31. The summed E-state index contributed by atoms with van der Waals surface area (Å²) in [6, 6.07) is 10.6. The molecule has 0 amide bonds. The number of phenolic OH excluding ortho intramolecular Hbond substituents is 1. The number of benzene rings is 2. The molecule has 0 atom stereocenters. The van der Waals surface area contributed by atoms with E-state index in [1.54, 1.807) is 30.3 Å². The quantitative estimate of drug-likeness (QED) is 0.332. The van der Waals surface area contributed by atoms with Crippen molar-refractivity contribution in [2.45, 2.75) is 0 Å². The van der Waals surface area contributed by atoms with E-state index in [4.69, 9.17) is 0 Å². The highest BCUT2D eigenvalue weighted by Crippen LogP contribution is 2.34. The predicted molar refractivity (Wildman–Crippen MR) is 98.2 cm³/mol. The highest BCUT2D eigenvalue weighted by Gasteiger charge is 2.12. The van der Waals surface area contributed by atoms with Crippen LogP contribution in [0.15, 0.2) is 45.3 Å². The molecule has 0 spiro atoms. The van der Waals surface area contributed by atoms with Gasteiger partial charge in [0.15, 0.2) is 0 Å². The van der Waals surface area contributed by atoms with Crippen LogP contribution in [0.2, 0.25) is 0 Å². The van der Waals surface area contributed by atoms with Gasteiger partial charge in [0.2, 0.25) is 0 Å². The van der Waals surface area contributed by atoms with Crippen molar-refractivity contribution in [2.75, 3.05) is 0 Å². The molecule has 2 rings (SSSR count). The number of carboxylic acid groups (broad SMARTS) is 1. The third kappa shape index (κ3) is 4.08. The zero-order valence-corrected chi connectivity index (χ0v) is 15.8. The highest BCUT2D eigenvalue weighted by molar-refractivity contribution is 14.1. The summed E-state index contributed by atoms with van der Waals surface area (Å²) >= 11 is 8.63. The molecule has 21 heavy (non-hydrogen) atoms. The molecule has 108 valence electrons. The van der Waals surface area contributed by atoms with Crippen molar-refractivity contribution in [1.82, 2.24) is 0 Å². The molecule has 3 nitrogen and oxygen atoms in total. The second-order valence-corrected chi connectivity index (χ2v) is 7.16. The minimum atomic E-state index is -1.00. The molecule has 0 aliphatic rings. The third-order valence-corrected chi connectivity index (χ3v) is 4.66. The monoisotopic (exact) mass is 522 g/mol. The van der Waals surface area contributed by atoms with Crippen molar-refractivity contribution in [1.29, 1.82) is 0 Å². The van der Waals surface area contributed by atoms with Crippen LogP contribution in [0, 0.1) is 3.57 Å². The molecule has 0 fully saturated rings. The molecule has 0 saturated carbocycles. The summed E-state index contributed by atoms with van der Waals surface area (Å²) in [5.41, 5.74) is 1.49. The maximum absolute atomic E-state index is 11.5. The van der Waals surface area contributed by atoms with Gasteiger partial charge in [-0.15, -0.1) is 0 Å². The van der Waals surface area contributed by atoms with Crippen LogP contribution in [0.1, 0.15) is 11.1 Å². The van der Waals surface area contributed by atoms with Gasteiger partial charge in [-0.2, -0.15) is 0 Å². The molecule has 2 aromatic carbocycles. The number of hydrogen-bond acceptors (Lipinski definition) is 2. The predicted octanol–water partition coefficient (Wildman–Crippen LogP) is 5.15. The average Bonchev–Trinajstić information content (AvgIpc) is 2.43. The molecule has 2 N–H and O–H groups in total. The van der Waals surface area contributed by atoms with E-state index in [1.165, 1.54) is 0 Å². The van der Waals surface area contributed by atoms with Gasteiger partial charge in [-0.3, -0.25) is 0 Å². The van der Waals surface area contributed by atoms with Crippen LogP contribution in [-0.2, 0) is 4.79 Å². The van der Waals surface area contributed by atoms with E-state index in [1.807, 2.05) is 12.1 Å². The Balaban J connectivity index is 2.52. The number of aliphatic carboxylic acids is 1. The van der Waals surface area contributed by atoms with Crippen molar-refractivity contribution < 1.29 is 15.0 Å². The molecule has 0 aliphatic heterocycles. The van der Waals surface area contributed by atoms with Gasteiger partial charge in [0.05, 0.1) is 14.5 Å². The second-order valence-electron chi connectivity index (χ2n) is 4.20. The first-order valence-electron chi connectivity index (χ1n) is 5.77. The van der Waals surface area contributed by atoms with E-state index in [2.05, 4.69) is 54.5 Å². The van der Waals surface area contributed by atoms with Crippen LogP contribution in [-0.4, -0.2) is 16.2 Å². The lowest BCUT2D eigenvalue weighted by atomic mass is 10.0. The number of carbonyl (C=O) groups is 1. The molecule has 0 bridgehead atoms. The van der Waals surface area contributed by atoms with Gasteiger partial charge in [0.25, 0.3) is 0 Å². The third-order valence-electron chi connectivity index (χ3n) is 2.74. The van der Waals surface area contributed by atoms with Crippen molar-refractivity contribution in [3.8, 4) is 5.75 Å². The molecule has 0 aliphatic carbocycles. The average molecular weight is 524 g/mol. The number of aromatic hydroxyl groups is 1. The Kier molecular flexibility index (Phi) is 5.45. The lowest BCUT2D eigenvalue weighted by Crippen LogP contribution is -1.99. The van der Waals surface area contributed by atoms with Gasteiger partial charge in [-0.1, -0.05) is 12.1 Å².